The molecule has 1 saturated carbocycles. The lowest BCUT2D eigenvalue weighted by molar-refractivity contribution is -0.180. The number of carbonyl (C=O) groups is 1. The van der Waals surface area contributed by atoms with Crippen molar-refractivity contribution in [2.75, 3.05) is 0 Å². The SMILES string of the molecule is C[C@@H]1CC[C@]2(OC(=O)CC2(C)C)[C@@H](O)C1. The first-order valence-corrected chi connectivity index (χ1v) is 5.77. The van der Waals surface area contributed by atoms with E-state index in [4.69, 9.17) is 4.74 Å². The van der Waals surface area contributed by atoms with Gasteiger partial charge in [-0.15, -0.1) is 0 Å². The van der Waals surface area contributed by atoms with Gasteiger partial charge in [0, 0.05) is 5.41 Å². The van der Waals surface area contributed by atoms with Crippen molar-refractivity contribution >= 4 is 5.97 Å². The van der Waals surface area contributed by atoms with E-state index in [-0.39, 0.29) is 11.4 Å². The summed E-state index contributed by atoms with van der Waals surface area (Å²) in [5.41, 5.74) is -0.847. The second-order valence-electron chi connectivity index (χ2n) is 5.82. The summed E-state index contributed by atoms with van der Waals surface area (Å²) >= 11 is 0. The molecule has 0 unspecified atom stereocenters. The lowest BCUT2D eigenvalue weighted by Crippen LogP contribution is -2.54. The maximum Gasteiger partial charge on any atom is 0.307 e. The minimum absolute atomic E-state index is 0.159. The first-order chi connectivity index (χ1) is 6.87. The normalized spacial score (nSPS) is 44.4. The van der Waals surface area contributed by atoms with Gasteiger partial charge in [0.1, 0.15) is 5.60 Å². The second kappa shape index (κ2) is 3.21. The van der Waals surface area contributed by atoms with E-state index in [1.807, 2.05) is 13.8 Å². The molecule has 1 aliphatic heterocycles. The molecular weight excluding hydrogens is 192 g/mol. The standard InChI is InChI=1S/C12H20O3/c1-8-4-5-12(9(13)6-8)11(2,3)7-10(14)15-12/h8-9,13H,4-7H2,1-3H3/t8-,9+,12+/m1/s1. The van der Waals surface area contributed by atoms with Crippen molar-refractivity contribution < 1.29 is 14.6 Å². The fourth-order valence-corrected chi connectivity index (χ4v) is 3.11. The average molecular weight is 212 g/mol. The van der Waals surface area contributed by atoms with Gasteiger partial charge in [-0.25, -0.2) is 0 Å². The van der Waals surface area contributed by atoms with Crippen LogP contribution in [-0.4, -0.2) is 22.8 Å². The van der Waals surface area contributed by atoms with Gasteiger partial charge in [0.15, 0.2) is 0 Å². The fraction of sp³-hybridized carbons (Fsp3) is 0.917. The maximum absolute atomic E-state index is 11.4. The zero-order valence-electron chi connectivity index (χ0n) is 9.75. The smallest absolute Gasteiger partial charge is 0.307 e. The Hall–Kier alpha value is -0.570. The largest absolute Gasteiger partial charge is 0.456 e. The van der Waals surface area contributed by atoms with Gasteiger partial charge in [-0.05, 0) is 25.2 Å². The molecule has 0 aromatic rings. The van der Waals surface area contributed by atoms with Gasteiger partial charge < -0.3 is 9.84 Å². The van der Waals surface area contributed by atoms with Crippen molar-refractivity contribution in [3.8, 4) is 0 Å². The van der Waals surface area contributed by atoms with E-state index in [1.54, 1.807) is 0 Å². The number of carbonyl (C=O) groups excluding carboxylic acids is 1. The fourth-order valence-electron chi connectivity index (χ4n) is 3.11. The van der Waals surface area contributed by atoms with Crippen LogP contribution in [0.5, 0.6) is 0 Å². The van der Waals surface area contributed by atoms with Crippen molar-refractivity contribution in [3.05, 3.63) is 0 Å². The molecule has 2 aliphatic rings. The summed E-state index contributed by atoms with van der Waals surface area (Å²) in [5, 5.41) is 10.2. The van der Waals surface area contributed by atoms with E-state index in [0.29, 0.717) is 12.3 Å². The summed E-state index contributed by atoms with van der Waals surface area (Å²) in [6.45, 7) is 6.19. The number of ether oxygens (including phenoxy) is 1. The number of hydrogen-bond donors (Lipinski definition) is 1. The van der Waals surface area contributed by atoms with Crippen molar-refractivity contribution in [2.45, 2.75) is 58.2 Å². The molecule has 1 spiro atoms. The van der Waals surface area contributed by atoms with Gasteiger partial charge in [0.25, 0.3) is 0 Å². The lowest BCUT2D eigenvalue weighted by Gasteiger charge is -2.46. The molecule has 15 heavy (non-hydrogen) atoms. The highest BCUT2D eigenvalue weighted by molar-refractivity contribution is 5.74. The minimum Gasteiger partial charge on any atom is -0.456 e. The molecule has 1 N–H and O–H groups in total. The molecule has 86 valence electrons. The van der Waals surface area contributed by atoms with Crippen LogP contribution in [0.3, 0.4) is 0 Å². The molecule has 0 aromatic heterocycles. The number of aliphatic hydroxyl groups is 1. The highest BCUT2D eigenvalue weighted by atomic mass is 16.6. The molecule has 3 atom stereocenters. The van der Waals surface area contributed by atoms with Crippen LogP contribution in [0.4, 0.5) is 0 Å². The Kier molecular flexibility index (Phi) is 2.34. The first kappa shape index (κ1) is 10.9. The van der Waals surface area contributed by atoms with Gasteiger partial charge in [-0.1, -0.05) is 20.8 Å². The topological polar surface area (TPSA) is 46.5 Å². The Morgan fingerprint density at radius 3 is 2.60 bits per heavy atom. The van der Waals surface area contributed by atoms with Gasteiger partial charge >= 0.3 is 5.97 Å². The van der Waals surface area contributed by atoms with Crippen LogP contribution in [0, 0.1) is 11.3 Å². The first-order valence-electron chi connectivity index (χ1n) is 5.77. The summed E-state index contributed by atoms with van der Waals surface area (Å²) in [6, 6.07) is 0. The van der Waals surface area contributed by atoms with E-state index in [9.17, 15) is 9.90 Å². The third-order valence-corrected chi connectivity index (χ3v) is 4.20. The quantitative estimate of drug-likeness (QED) is 0.624. The van der Waals surface area contributed by atoms with E-state index in [2.05, 4.69) is 6.92 Å². The Bertz CT molecular complexity index is 285. The summed E-state index contributed by atoms with van der Waals surface area (Å²) in [4.78, 5) is 11.4. The predicted molar refractivity (Wildman–Crippen MR) is 56.2 cm³/mol. The number of esters is 1. The maximum atomic E-state index is 11.4. The van der Waals surface area contributed by atoms with Crippen molar-refractivity contribution in [1.29, 1.82) is 0 Å². The summed E-state index contributed by atoms with van der Waals surface area (Å²) in [7, 11) is 0. The summed E-state index contributed by atoms with van der Waals surface area (Å²) in [6.07, 6.45) is 2.51. The molecule has 3 nitrogen and oxygen atoms in total. The van der Waals surface area contributed by atoms with Gasteiger partial charge in [0.2, 0.25) is 0 Å². The van der Waals surface area contributed by atoms with E-state index >= 15 is 0 Å². The third kappa shape index (κ3) is 1.48. The zero-order chi connectivity index (χ0) is 11.3. The van der Waals surface area contributed by atoms with Crippen LogP contribution in [0.25, 0.3) is 0 Å². The molecule has 1 saturated heterocycles. The van der Waals surface area contributed by atoms with Crippen molar-refractivity contribution in [1.82, 2.24) is 0 Å². The predicted octanol–water partition coefficient (Wildman–Crippen LogP) is 1.88. The van der Waals surface area contributed by atoms with Crippen LogP contribution in [0.1, 0.15) is 46.5 Å². The molecule has 1 aliphatic carbocycles. The molecular formula is C12H20O3. The molecule has 0 radical (unpaired) electrons. The molecule has 2 fully saturated rings. The van der Waals surface area contributed by atoms with Gasteiger partial charge in [0.05, 0.1) is 12.5 Å². The van der Waals surface area contributed by atoms with Gasteiger partial charge in [-0.2, -0.15) is 0 Å². The van der Waals surface area contributed by atoms with Crippen molar-refractivity contribution in [3.63, 3.8) is 0 Å². The van der Waals surface area contributed by atoms with Crippen LogP contribution < -0.4 is 0 Å². The van der Waals surface area contributed by atoms with E-state index in [1.165, 1.54) is 0 Å². The second-order valence-corrected chi connectivity index (χ2v) is 5.82. The average Bonchev–Trinajstić information content (AvgIpc) is 2.30. The summed E-state index contributed by atoms with van der Waals surface area (Å²) < 4.78 is 5.48. The highest BCUT2D eigenvalue weighted by Crippen LogP contribution is 2.52. The molecule has 0 amide bonds. The van der Waals surface area contributed by atoms with Crippen LogP contribution in [0.15, 0.2) is 0 Å². The monoisotopic (exact) mass is 212 g/mol. The van der Waals surface area contributed by atoms with Gasteiger partial charge in [-0.3, -0.25) is 4.79 Å². The molecule has 1 heterocycles. The van der Waals surface area contributed by atoms with E-state index in [0.717, 1.165) is 19.3 Å². The van der Waals surface area contributed by atoms with Crippen molar-refractivity contribution in [2.24, 2.45) is 11.3 Å². The van der Waals surface area contributed by atoms with Crippen LogP contribution >= 0.6 is 0 Å². The number of hydrogen-bond acceptors (Lipinski definition) is 3. The Morgan fingerprint density at radius 1 is 1.47 bits per heavy atom. The number of aliphatic hydroxyl groups excluding tert-OH is 1. The summed E-state index contributed by atoms with van der Waals surface area (Å²) in [5.74, 6) is 0.370. The Morgan fingerprint density at radius 2 is 2.13 bits per heavy atom. The molecule has 0 aromatic carbocycles. The Balaban J connectivity index is 2.29. The Labute approximate surface area is 90.8 Å². The lowest BCUT2D eigenvalue weighted by atomic mass is 9.64. The molecule has 2 rings (SSSR count). The minimum atomic E-state index is -0.614. The molecule has 0 bridgehead atoms. The number of rotatable bonds is 0. The van der Waals surface area contributed by atoms with Crippen LogP contribution in [0.2, 0.25) is 0 Å². The molecule has 3 heteroatoms. The highest BCUT2D eigenvalue weighted by Gasteiger charge is 2.60. The third-order valence-electron chi connectivity index (χ3n) is 4.20. The van der Waals surface area contributed by atoms with Crippen LogP contribution in [-0.2, 0) is 9.53 Å². The van der Waals surface area contributed by atoms with E-state index < -0.39 is 11.7 Å². The zero-order valence-corrected chi connectivity index (χ0v) is 9.75.